The number of aryl methyl sites for hydroxylation is 2. The predicted octanol–water partition coefficient (Wildman–Crippen LogP) is 6.57. The molecule has 1 aliphatic carbocycles. The summed E-state index contributed by atoms with van der Waals surface area (Å²) in [6.07, 6.45) is 1.54. The van der Waals surface area contributed by atoms with Crippen LogP contribution in [0.3, 0.4) is 0 Å². The van der Waals surface area contributed by atoms with Gasteiger partial charge in [-0.1, -0.05) is 103 Å². The number of hydrogen-bond acceptors (Lipinski definition) is 3. The second-order valence-electron chi connectivity index (χ2n) is 9.25. The van der Waals surface area contributed by atoms with E-state index in [4.69, 9.17) is 5.10 Å². The maximum atomic E-state index is 14.5. The summed E-state index contributed by atoms with van der Waals surface area (Å²) in [4.78, 5) is 14.5. The first kappa shape index (κ1) is 20.6. The van der Waals surface area contributed by atoms with Crippen LogP contribution in [0, 0.1) is 6.92 Å². The normalized spacial score (nSPS) is 21.4. The molecule has 0 saturated heterocycles. The number of rotatable bonds is 3. The molecule has 2 aliphatic rings. The number of hydrazone groups is 1. The molecule has 1 spiro atoms. The Hall–Kier alpha value is -3.98. The van der Waals surface area contributed by atoms with Gasteiger partial charge in [0.05, 0.1) is 17.3 Å². The Morgan fingerprint density at radius 2 is 1.44 bits per heavy atom. The van der Waals surface area contributed by atoms with E-state index in [0.29, 0.717) is 6.42 Å². The van der Waals surface area contributed by atoms with Crippen LogP contribution in [0.25, 0.3) is 0 Å². The summed E-state index contributed by atoms with van der Waals surface area (Å²) in [5.74, 6) is -0.0324. The van der Waals surface area contributed by atoms with Crippen LogP contribution in [0.1, 0.15) is 45.0 Å². The maximum Gasteiger partial charge on any atom is 0.191 e. The molecule has 6 rings (SSSR count). The number of anilines is 1. The first-order chi connectivity index (χ1) is 16.7. The van der Waals surface area contributed by atoms with Gasteiger partial charge in [-0.2, -0.15) is 5.10 Å². The molecule has 0 radical (unpaired) electrons. The van der Waals surface area contributed by atoms with Crippen LogP contribution in [-0.2, 0) is 6.42 Å². The van der Waals surface area contributed by atoms with Crippen molar-refractivity contribution in [3.63, 3.8) is 0 Å². The summed E-state index contributed by atoms with van der Waals surface area (Å²) >= 11 is 0. The van der Waals surface area contributed by atoms with Crippen molar-refractivity contribution < 1.29 is 4.79 Å². The van der Waals surface area contributed by atoms with Gasteiger partial charge in [0.2, 0.25) is 0 Å². The van der Waals surface area contributed by atoms with Gasteiger partial charge in [0, 0.05) is 5.56 Å². The van der Waals surface area contributed by atoms with Gasteiger partial charge in [-0.05, 0) is 48.6 Å². The fourth-order valence-corrected chi connectivity index (χ4v) is 5.60. The minimum Gasteiger partial charge on any atom is -0.291 e. The molecule has 3 nitrogen and oxygen atoms in total. The smallest absolute Gasteiger partial charge is 0.191 e. The third kappa shape index (κ3) is 3.12. The number of Topliss-reactive ketones (excluding diaryl/α,β-unsaturated/α-hetero) is 1. The Labute approximate surface area is 200 Å². The van der Waals surface area contributed by atoms with Crippen molar-refractivity contribution in [2.24, 2.45) is 5.10 Å². The van der Waals surface area contributed by atoms with Crippen LogP contribution in [0.15, 0.2) is 114 Å². The first-order valence-electron chi connectivity index (χ1n) is 11.9. The zero-order chi connectivity index (χ0) is 23.1. The van der Waals surface area contributed by atoms with Crippen molar-refractivity contribution in [2.45, 2.75) is 31.2 Å². The second kappa shape index (κ2) is 8.11. The summed E-state index contributed by atoms with van der Waals surface area (Å²) in [5.41, 5.74) is 6.39. The lowest BCUT2D eigenvalue weighted by atomic mass is 9.65. The van der Waals surface area contributed by atoms with Crippen LogP contribution in [0.5, 0.6) is 0 Å². The molecule has 0 bridgehead atoms. The lowest BCUT2D eigenvalue weighted by Crippen LogP contribution is -2.56. The van der Waals surface area contributed by atoms with Crippen LogP contribution in [0.4, 0.5) is 5.69 Å². The zero-order valence-corrected chi connectivity index (χ0v) is 19.2. The average molecular weight is 443 g/mol. The number of para-hydroxylation sites is 1. The molecule has 4 aromatic rings. The predicted molar refractivity (Wildman–Crippen MR) is 138 cm³/mol. The van der Waals surface area contributed by atoms with Gasteiger partial charge in [-0.3, -0.25) is 9.80 Å². The summed E-state index contributed by atoms with van der Waals surface area (Å²) in [6.45, 7) is 2.10. The number of fused-ring (bicyclic) bond motifs is 1. The molecular formula is C31H26N2O. The van der Waals surface area contributed by atoms with E-state index in [0.717, 1.165) is 40.1 Å². The third-order valence-electron chi connectivity index (χ3n) is 7.25. The van der Waals surface area contributed by atoms with E-state index >= 15 is 0 Å². The van der Waals surface area contributed by atoms with Crippen molar-refractivity contribution in [3.8, 4) is 0 Å². The fourth-order valence-electron chi connectivity index (χ4n) is 5.60. The summed E-state index contributed by atoms with van der Waals surface area (Å²) in [5, 5.41) is 7.26. The van der Waals surface area contributed by atoms with E-state index < -0.39 is 5.54 Å². The fraction of sp³-hybridized carbons (Fsp3) is 0.161. The Balaban J connectivity index is 1.63. The highest BCUT2D eigenvalue weighted by Crippen LogP contribution is 2.50. The molecule has 34 heavy (non-hydrogen) atoms. The van der Waals surface area contributed by atoms with Crippen molar-refractivity contribution in [3.05, 3.63) is 137 Å². The van der Waals surface area contributed by atoms with Crippen molar-refractivity contribution in [1.29, 1.82) is 0 Å². The summed E-state index contributed by atoms with van der Waals surface area (Å²) in [7, 11) is 0. The Morgan fingerprint density at radius 1 is 0.794 bits per heavy atom. The molecule has 4 aromatic carbocycles. The highest BCUT2D eigenvalue weighted by Gasteiger charge is 2.59. The van der Waals surface area contributed by atoms with Crippen LogP contribution in [-0.4, -0.2) is 17.0 Å². The number of nitrogens with zero attached hydrogens (tertiary/aromatic N) is 2. The number of ketones is 1. The van der Waals surface area contributed by atoms with Gasteiger partial charge in [0.15, 0.2) is 5.78 Å². The van der Waals surface area contributed by atoms with Crippen LogP contribution >= 0.6 is 0 Å². The summed E-state index contributed by atoms with van der Waals surface area (Å²) in [6, 6.07) is 37.1. The molecule has 0 fully saturated rings. The highest BCUT2D eigenvalue weighted by atomic mass is 16.1. The molecule has 1 heterocycles. The van der Waals surface area contributed by atoms with E-state index in [1.807, 2.05) is 59.6 Å². The standard InChI is InChI=1S/C31H26N2O/c1-22-16-18-24(19-17-22)28-29(25-11-4-2-5-12-25)32-33(26-13-6-3-7-14-26)31(28)21-20-23-10-8-9-15-27(23)30(31)34/h2-19,28H,20-21H2,1H3/t28-,31-/m1/s1. The van der Waals surface area contributed by atoms with E-state index in [1.165, 1.54) is 5.56 Å². The molecule has 0 saturated carbocycles. The van der Waals surface area contributed by atoms with Gasteiger partial charge in [-0.15, -0.1) is 0 Å². The molecule has 0 N–H and O–H groups in total. The quantitative estimate of drug-likeness (QED) is 0.359. The van der Waals surface area contributed by atoms with Crippen LogP contribution < -0.4 is 5.01 Å². The Bertz CT molecular complexity index is 1380. The Kier molecular flexibility index (Phi) is 4.91. The highest BCUT2D eigenvalue weighted by molar-refractivity contribution is 6.18. The maximum absolute atomic E-state index is 14.5. The molecule has 166 valence electrons. The first-order valence-corrected chi connectivity index (χ1v) is 11.9. The SMILES string of the molecule is Cc1ccc([C@@H]2C(c3ccccc3)=NN(c3ccccc3)[C@]23CCc2ccccc2C3=O)cc1. The van der Waals surface area contributed by atoms with E-state index in [-0.39, 0.29) is 11.7 Å². The minimum absolute atomic E-state index is 0.151. The van der Waals surface area contributed by atoms with E-state index in [2.05, 4.69) is 61.5 Å². The van der Waals surface area contributed by atoms with E-state index in [9.17, 15) is 4.79 Å². The summed E-state index contributed by atoms with van der Waals surface area (Å²) < 4.78 is 0. The monoisotopic (exact) mass is 442 g/mol. The van der Waals surface area contributed by atoms with Crippen molar-refractivity contribution in [2.75, 3.05) is 5.01 Å². The number of benzene rings is 4. The largest absolute Gasteiger partial charge is 0.291 e. The lowest BCUT2D eigenvalue weighted by Gasteiger charge is -2.43. The molecular weight excluding hydrogens is 416 g/mol. The van der Waals surface area contributed by atoms with Gasteiger partial charge in [0.1, 0.15) is 5.54 Å². The Morgan fingerprint density at radius 3 is 2.18 bits per heavy atom. The number of carbonyl (C=O) groups is 1. The average Bonchev–Trinajstić information content (AvgIpc) is 3.24. The zero-order valence-electron chi connectivity index (χ0n) is 19.2. The molecule has 1 aliphatic heterocycles. The minimum atomic E-state index is -0.823. The topological polar surface area (TPSA) is 32.7 Å². The number of carbonyl (C=O) groups excluding carboxylic acids is 1. The van der Waals surface area contributed by atoms with Gasteiger partial charge < -0.3 is 0 Å². The van der Waals surface area contributed by atoms with E-state index in [1.54, 1.807) is 0 Å². The van der Waals surface area contributed by atoms with Crippen LogP contribution in [0.2, 0.25) is 0 Å². The molecule has 2 atom stereocenters. The van der Waals surface area contributed by atoms with Crippen molar-refractivity contribution >= 4 is 17.2 Å². The third-order valence-corrected chi connectivity index (χ3v) is 7.25. The molecule has 0 aromatic heterocycles. The van der Waals surface area contributed by atoms with Gasteiger partial charge in [0.25, 0.3) is 0 Å². The lowest BCUT2D eigenvalue weighted by molar-refractivity contribution is 0.0856. The van der Waals surface area contributed by atoms with Gasteiger partial charge in [-0.25, -0.2) is 0 Å². The number of hydrogen-bond donors (Lipinski definition) is 0. The molecule has 0 amide bonds. The molecule has 0 unspecified atom stereocenters. The van der Waals surface area contributed by atoms with Crippen molar-refractivity contribution in [1.82, 2.24) is 0 Å². The van der Waals surface area contributed by atoms with Gasteiger partial charge >= 0.3 is 0 Å². The molecule has 3 heteroatoms. The second-order valence-corrected chi connectivity index (χ2v) is 9.25.